The number of fused-ring (bicyclic) bond motifs is 2. The second kappa shape index (κ2) is 8.54. The SMILES string of the molecule is COc1ccc2c(c1O)-c1c(OC)c(OC)cc3c1[C@H](C2)NCC3.O=C(O)C(F)(F)F. The number of phenolic OH excluding ortho intramolecular Hbond substituents is 1. The lowest BCUT2D eigenvalue weighted by molar-refractivity contribution is -0.192. The number of carbonyl (C=O) groups is 1. The average Bonchev–Trinajstić information content (AvgIpc) is 2.73. The first-order valence-corrected chi connectivity index (χ1v) is 9.34. The van der Waals surface area contributed by atoms with Gasteiger partial charge in [-0.2, -0.15) is 13.2 Å². The number of halogens is 3. The van der Waals surface area contributed by atoms with E-state index in [0.29, 0.717) is 17.2 Å². The maximum absolute atomic E-state index is 10.8. The molecule has 0 saturated carbocycles. The van der Waals surface area contributed by atoms with E-state index in [1.807, 2.05) is 12.1 Å². The number of aliphatic carboxylic acids is 1. The van der Waals surface area contributed by atoms with Crippen LogP contribution in [0, 0.1) is 0 Å². The first-order valence-electron chi connectivity index (χ1n) is 9.34. The quantitative estimate of drug-likeness (QED) is 0.671. The van der Waals surface area contributed by atoms with Crippen LogP contribution in [0.3, 0.4) is 0 Å². The van der Waals surface area contributed by atoms with Crippen LogP contribution < -0.4 is 19.5 Å². The van der Waals surface area contributed by atoms with Gasteiger partial charge in [-0.1, -0.05) is 6.07 Å². The van der Waals surface area contributed by atoms with Gasteiger partial charge in [0.05, 0.1) is 21.3 Å². The average molecular weight is 441 g/mol. The predicted molar refractivity (Wildman–Crippen MR) is 105 cm³/mol. The first-order chi connectivity index (χ1) is 14.6. The topological polar surface area (TPSA) is 97.3 Å². The highest BCUT2D eigenvalue weighted by Crippen LogP contribution is 2.54. The lowest BCUT2D eigenvalue weighted by Crippen LogP contribution is -2.34. The third-order valence-electron chi connectivity index (χ3n) is 5.29. The molecule has 0 aromatic heterocycles. The second-order valence-electron chi connectivity index (χ2n) is 6.97. The molecule has 1 aliphatic heterocycles. The summed E-state index contributed by atoms with van der Waals surface area (Å²) in [7, 11) is 4.84. The number of phenols is 1. The van der Waals surface area contributed by atoms with Gasteiger partial charge in [0.25, 0.3) is 0 Å². The van der Waals surface area contributed by atoms with Crippen molar-refractivity contribution in [1.29, 1.82) is 0 Å². The first kappa shape index (κ1) is 22.5. The van der Waals surface area contributed by atoms with Crippen molar-refractivity contribution in [2.45, 2.75) is 25.1 Å². The number of alkyl halides is 3. The molecule has 0 fully saturated rings. The van der Waals surface area contributed by atoms with Gasteiger partial charge >= 0.3 is 12.1 Å². The molecule has 0 bridgehead atoms. The van der Waals surface area contributed by atoms with Crippen LogP contribution in [0.15, 0.2) is 18.2 Å². The fourth-order valence-electron chi connectivity index (χ4n) is 4.02. The fourth-order valence-corrected chi connectivity index (χ4v) is 4.02. The molecule has 2 aromatic rings. The van der Waals surface area contributed by atoms with Gasteiger partial charge < -0.3 is 29.7 Å². The molecule has 0 amide bonds. The van der Waals surface area contributed by atoms with Gasteiger partial charge in [-0.15, -0.1) is 0 Å². The van der Waals surface area contributed by atoms with Crippen molar-refractivity contribution >= 4 is 5.97 Å². The Hall–Kier alpha value is -3.14. The van der Waals surface area contributed by atoms with Crippen molar-refractivity contribution in [3.8, 4) is 34.1 Å². The van der Waals surface area contributed by atoms with Crippen LogP contribution in [0.5, 0.6) is 23.0 Å². The zero-order valence-corrected chi connectivity index (χ0v) is 17.1. The largest absolute Gasteiger partial charge is 0.504 e. The molecular formula is C21H22F3NO6. The van der Waals surface area contributed by atoms with E-state index in [9.17, 15) is 18.3 Å². The van der Waals surface area contributed by atoms with Gasteiger partial charge in [0.15, 0.2) is 23.0 Å². The van der Waals surface area contributed by atoms with E-state index >= 15 is 0 Å². The maximum Gasteiger partial charge on any atom is 0.490 e. The highest BCUT2D eigenvalue weighted by Gasteiger charge is 2.38. The summed E-state index contributed by atoms with van der Waals surface area (Å²) in [5.74, 6) is -0.772. The molecule has 10 heteroatoms. The van der Waals surface area contributed by atoms with Gasteiger partial charge in [0, 0.05) is 17.2 Å². The predicted octanol–water partition coefficient (Wildman–Crippen LogP) is 3.46. The highest BCUT2D eigenvalue weighted by molar-refractivity contribution is 5.88. The lowest BCUT2D eigenvalue weighted by Gasteiger charge is -2.36. The summed E-state index contributed by atoms with van der Waals surface area (Å²) in [6.07, 6.45) is -3.32. The molecule has 0 spiro atoms. The molecule has 0 saturated heterocycles. The number of nitrogens with one attached hydrogen (secondary N) is 1. The molecule has 0 unspecified atom stereocenters. The summed E-state index contributed by atoms with van der Waals surface area (Å²) in [4.78, 5) is 8.90. The summed E-state index contributed by atoms with van der Waals surface area (Å²) in [5, 5.41) is 21.5. The van der Waals surface area contributed by atoms with Crippen LogP contribution >= 0.6 is 0 Å². The Morgan fingerprint density at radius 3 is 2.26 bits per heavy atom. The van der Waals surface area contributed by atoms with E-state index in [0.717, 1.165) is 36.1 Å². The molecular weight excluding hydrogens is 419 g/mol. The fraction of sp³-hybridized carbons (Fsp3) is 0.381. The molecule has 0 radical (unpaired) electrons. The molecule has 31 heavy (non-hydrogen) atoms. The van der Waals surface area contributed by atoms with Crippen molar-refractivity contribution in [2.24, 2.45) is 0 Å². The summed E-state index contributed by atoms with van der Waals surface area (Å²) in [6, 6.07) is 6.12. The molecule has 168 valence electrons. The van der Waals surface area contributed by atoms with Crippen molar-refractivity contribution in [2.75, 3.05) is 27.9 Å². The number of rotatable bonds is 3. The van der Waals surface area contributed by atoms with Gasteiger partial charge in [-0.25, -0.2) is 4.79 Å². The number of aromatic hydroxyl groups is 1. The zero-order valence-electron chi connectivity index (χ0n) is 17.1. The van der Waals surface area contributed by atoms with Crippen LogP contribution in [-0.2, 0) is 17.6 Å². The van der Waals surface area contributed by atoms with Crippen LogP contribution in [0.4, 0.5) is 13.2 Å². The number of carboxylic acids is 1. The van der Waals surface area contributed by atoms with Crippen LogP contribution in [0.2, 0.25) is 0 Å². The number of hydrogen-bond donors (Lipinski definition) is 3. The minimum atomic E-state index is -5.08. The van der Waals surface area contributed by atoms with E-state index in [1.165, 1.54) is 11.1 Å². The molecule has 1 atom stereocenters. The Morgan fingerprint density at radius 2 is 1.71 bits per heavy atom. The lowest BCUT2D eigenvalue weighted by atomic mass is 9.77. The number of carboxylic acid groups (broad SMARTS) is 1. The second-order valence-corrected chi connectivity index (χ2v) is 6.97. The van der Waals surface area contributed by atoms with Gasteiger partial charge in [-0.05, 0) is 48.2 Å². The third kappa shape index (κ3) is 4.07. The Labute approximate surface area is 176 Å². The van der Waals surface area contributed by atoms with Crippen LogP contribution in [-0.4, -0.2) is 50.2 Å². The molecule has 3 N–H and O–H groups in total. The normalized spacial score (nSPS) is 16.3. The number of methoxy groups -OCH3 is 3. The standard InChI is InChI=1S/C19H21NO4.C2HF3O2/c1-22-13-5-4-10-8-12-15-11(6-7-20-12)9-14(23-2)19(24-3)17(15)16(10)18(13)21;3-2(4,5)1(6)7/h4-5,9,12,20-21H,6-8H2,1-3H3;(H,6,7)/t12-;/m0./s1. The molecule has 1 aliphatic carbocycles. The summed E-state index contributed by atoms with van der Waals surface area (Å²) >= 11 is 0. The number of hydrogen-bond acceptors (Lipinski definition) is 6. The molecule has 7 nitrogen and oxygen atoms in total. The summed E-state index contributed by atoms with van der Waals surface area (Å²) < 4.78 is 48.3. The highest BCUT2D eigenvalue weighted by atomic mass is 19.4. The Bertz CT molecular complexity index is 1010. The Kier molecular flexibility index (Phi) is 6.21. The van der Waals surface area contributed by atoms with Crippen LogP contribution in [0.25, 0.3) is 11.1 Å². The Balaban J connectivity index is 0.000000339. The van der Waals surface area contributed by atoms with E-state index in [4.69, 9.17) is 24.1 Å². The van der Waals surface area contributed by atoms with Crippen molar-refractivity contribution in [1.82, 2.24) is 5.32 Å². The smallest absolute Gasteiger partial charge is 0.490 e. The Morgan fingerprint density at radius 1 is 1.06 bits per heavy atom. The molecule has 4 rings (SSSR count). The zero-order chi connectivity index (χ0) is 22.9. The molecule has 2 aromatic carbocycles. The molecule has 2 aliphatic rings. The summed E-state index contributed by atoms with van der Waals surface area (Å²) in [6.45, 7) is 0.935. The number of benzene rings is 2. The van der Waals surface area contributed by atoms with E-state index < -0.39 is 12.1 Å². The summed E-state index contributed by atoms with van der Waals surface area (Å²) in [5.41, 5.74) is 5.25. The van der Waals surface area contributed by atoms with Crippen molar-refractivity contribution in [3.63, 3.8) is 0 Å². The van der Waals surface area contributed by atoms with Gasteiger partial charge in [-0.3, -0.25) is 0 Å². The monoisotopic (exact) mass is 441 g/mol. The van der Waals surface area contributed by atoms with Crippen LogP contribution in [0.1, 0.15) is 22.7 Å². The van der Waals surface area contributed by atoms with Crippen molar-refractivity contribution in [3.05, 3.63) is 34.9 Å². The van der Waals surface area contributed by atoms with Gasteiger partial charge in [0.2, 0.25) is 0 Å². The minimum Gasteiger partial charge on any atom is -0.504 e. The van der Waals surface area contributed by atoms with E-state index in [1.54, 1.807) is 21.3 Å². The van der Waals surface area contributed by atoms with Gasteiger partial charge in [0.1, 0.15) is 0 Å². The molecule has 1 heterocycles. The minimum absolute atomic E-state index is 0.160. The number of ether oxygens (including phenoxy) is 3. The van der Waals surface area contributed by atoms with E-state index in [-0.39, 0.29) is 11.8 Å². The third-order valence-corrected chi connectivity index (χ3v) is 5.29. The maximum atomic E-state index is 10.8. The van der Waals surface area contributed by atoms with Crippen molar-refractivity contribution < 1.29 is 42.4 Å². The van der Waals surface area contributed by atoms with E-state index in [2.05, 4.69) is 11.4 Å².